The van der Waals surface area contributed by atoms with Gasteiger partial charge in [-0.05, 0) is 42.4 Å². The van der Waals surface area contributed by atoms with Crippen LogP contribution in [0.3, 0.4) is 0 Å². The van der Waals surface area contributed by atoms with Crippen molar-refractivity contribution in [2.24, 2.45) is 15.9 Å². The Labute approximate surface area is 352 Å². The molecule has 59 heavy (non-hydrogen) atoms. The van der Waals surface area contributed by atoms with Crippen LogP contribution in [0.5, 0.6) is 0 Å². The van der Waals surface area contributed by atoms with E-state index in [4.69, 9.17) is 29.5 Å². The van der Waals surface area contributed by atoms with E-state index in [9.17, 15) is 24.6 Å². The van der Waals surface area contributed by atoms with Gasteiger partial charge in [-0.25, -0.2) is 0 Å². The molecule has 0 aliphatic carbocycles. The smallest absolute Gasteiger partial charge is 0.246 e. The predicted octanol–water partition coefficient (Wildman–Crippen LogP) is 2.24. The third-order valence-corrected chi connectivity index (χ3v) is 10.2. The fourth-order valence-electron chi connectivity index (χ4n) is 5.93. The fraction of sp³-hybridized carbons (Fsp3) is 0.595. The van der Waals surface area contributed by atoms with Crippen LogP contribution in [0.15, 0.2) is 64.7 Å². The van der Waals surface area contributed by atoms with Crippen LogP contribution in [0.1, 0.15) is 51.0 Å². The van der Waals surface area contributed by atoms with E-state index >= 15 is 0 Å². The van der Waals surface area contributed by atoms with Gasteiger partial charge >= 0.3 is 0 Å². The summed E-state index contributed by atoms with van der Waals surface area (Å²) in [6, 6.07) is 17.4. The molecule has 1 fully saturated rings. The second-order valence-corrected chi connectivity index (χ2v) is 15.0. The summed E-state index contributed by atoms with van der Waals surface area (Å²) in [6.07, 6.45) is 3.86. The third kappa shape index (κ3) is 21.8. The molecule has 0 aromatic heterocycles. The van der Waals surface area contributed by atoms with Gasteiger partial charge in [-0.15, -0.1) is 11.8 Å². The Morgan fingerprint density at radius 2 is 1.58 bits per heavy atom. The molecule has 7 N–H and O–H groups in total. The molecule has 1 aliphatic heterocycles. The number of carbonyl (C=O) groups excluding carboxylic acids is 3. The van der Waals surface area contributed by atoms with Gasteiger partial charge in [0.05, 0.1) is 78.0 Å². The number of ether oxygens (including phenoxy) is 5. The van der Waals surface area contributed by atoms with E-state index in [0.29, 0.717) is 90.1 Å². The van der Waals surface area contributed by atoms with E-state index in [1.54, 1.807) is 18.0 Å². The number of rotatable bonds is 31. The van der Waals surface area contributed by atoms with Crippen LogP contribution in [0.2, 0.25) is 0 Å². The minimum atomic E-state index is -0.959. The number of nitrogens with zero attached hydrogens (tertiary/aromatic N) is 2. The first kappa shape index (κ1) is 49.4. The number of nitrogens with one attached hydrogen (secondary N) is 3. The molecule has 0 spiro atoms. The molecule has 3 amide bonds. The molecule has 0 bridgehead atoms. The Bertz CT molecular complexity index is 1520. The second kappa shape index (κ2) is 31.0. The highest BCUT2D eigenvalue weighted by Gasteiger charge is 2.37. The van der Waals surface area contributed by atoms with E-state index in [2.05, 4.69) is 33.0 Å². The van der Waals surface area contributed by atoms with Crippen molar-refractivity contribution in [2.45, 2.75) is 75.6 Å². The third-order valence-electron chi connectivity index (χ3n) is 9.10. The molecule has 0 unspecified atom stereocenters. The molecule has 0 radical (unpaired) electrons. The number of unbranched alkanes of at least 4 members (excludes halogenated alkanes) is 1. The highest BCUT2D eigenvalue weighted by Crippen LogP contribution is 2.30. The van der Waals surface area contributed by atoms with Gasteiger partial charge in [-0.3, -0.25) is 19.4 Å². The van der Waals surface area contributed by atoms with Gasteiger partial charge in [-0.2, -0.15) is 5.10 Å². The van der Waals surface area contributed by atoms with Crippen molar-refractivity contribution in [2.75, 3.05) is 84.8 Å². The zero-order valence-corrected chi connectivity index (χ0v) is 35.1. The van der Waals surface area contributed by atoms with Crippen LogP contribution >= 0.6 is 11.8 Å². The van der Waals surface area contributed by atoms with Crippen LogP contribution < -0.4 is 21.8 Å². The topological polar surface area (TPSA) is 225 Å². The van der Waals surface area contributed by atoms with Gasteiger partial charge in [0.1, 0.15) is 23.9 Å². The second-order valence-electron chi connectivity index (χ2n) is 13.8. The van der Waals surface area contributed by atoms with Gasteiger partial charge in [-0.1, -0.05) is 67.9 Å². The number of nitrogens with two attached hydrogens (primary N) is 1. The number of carbonyl (C=O) groups is 3. The lowest BCUT2D eigenvalue weighted by Crippen LogP contribution is -2.54. The van der Waals surface area contributed by atoms with Crippen LogP contribution in [-0.4, -0.2) is 148 Å². The first-order chi connectivity index (χ1) is 28.8. The lowest BCUT2D eigenvalue weighted by atomic mass is 9.96. The minimum Gasteiger partial charge on any atom is -0.390 e. The molecular formula is C42H64N6O10S. The lowest BCUT2D eigenvalue weighted by Gasteiger charge is -2.39. The highest BCUT2D eigenvalue weighted by molar-refractivity contribution is 7.99. The number of benzene rings is 2. The summed E-state index contributed by atoms with van der Waals surface area (Å²) in [7, 11) is 0. The molecule has 4 atom stereocenters. The molecule has 3 rings (SSSR count). The van der Waals surface area contributed by atoms with Crippen molar-refractivity contribution >= 4 is 41.4 Å². The molecule has 17 heteroatoms. The van der Waals surface area contributed by atoms with Gasteiger partial charge in [0.15, 0.2) is 0 Å². The van der Waals surface area contributed by atoms with Crippen LogP contribution in [0.25, 0.3) is 11.1 Å². The number of hydrazone groups is 1. The number of aliphatic hydroxyl groups is 2. The largest absolute Gasteiger partial charge is 0.390 e. The summed E-state index contributed by atoms with van der Waals surface area (Å²) in [5.74, 6) is 5.40. The number of amides is 3. The average Bonchev–Trinajstić information content (AvgIpc) is 3.25. The standard InChI is InChI=1S/C42H64N6O10S/c1-2-3-17-45-38(51)16-20-54-22-23-55-21-19-44-29-35(48-43)31-57-25-24-56-26-27-59-41-14-13-36(47-40(53)30-49)42(58-41)37(50)15-18-46-39(52)28-32-9-11-34(12-10-32)33-7-5-4-6-8-33/h4-12,29,36-37,41-42,49-50H,2-3,13-28,30-31,43H2,1H3,(H,45,51)(H,46,52)(H,47,53)/t36-,37-,41+,42-/m1/s1. The maximum atomic E-state index is 12.7. The van der Waals surface area contributed by atoms with Crippen molar-refractivity contribution in [3.05, 3.63) is 60.2 Å². The Kier molecular flexibility index (Phi) is 26.0. The molecule has 2 aromatic rings. The summed E-state index contributed by atoms with van der Waals surface area (Å²) in [6.45, 7) is 5.67. The highest BCUT2D eigenvalue weighted by atomic mass is 32.2. The summed E-state index contributed by atoms with van der Waals surface area (Å²) in [5, 5.41) is 32.6. The normalized spacial score (nSPS) is 17.5. The van der Waals surface area contributed by atoms with Crippen molar-refractivity contribution in [3.63, 3.8) is 0 Å². The Morgan fingerprint density at radius 3 is 2.31 bits per heavy atom. The Balaban J connectivity index is 1.24. The summed E-state index contributed by atoms with van der Waals surface area (Å²) in [5.41, 5.74) is 3.31. The quantitative estimate of drug-likeness (QED) is 0.0278. The number of hydrogen-bond donors (Lipinski definition) is 6. The lowest BCUT2D eigenvalue weighted by molar-refractivity contribution is -0.131. The maximum absolute atomic E-state index is 12.7. The molecular weight excluding hydrogens is 781 g/mol. The zero-order chi connectivity index (χ0) is 42.3. The van der Waals surface area contributed by atoms with Crippen LogP contribution in [0.4, 0.5) is 0 Å². The summed E-state index contributed by atoms with van der Waals surface area (Å²) >= 11 is 1.55. The van der Waals surface area contributed by atoms with Gasteiger partial charge < -0.3 is 55.7 Å². The fourth-order valence-corrected chi connectivity index (χ4v) is 6.92. The van der Waals surface area contributed by atoms with Gasteiger partial charge in [0.2, 0.25) is 17.7 Å². The SMILES string of the molecule is CCCCNC(=O)CCOCCOCCN=CC(COCCOCCS[C@H]1CC[C@@H](NC(=O)CO)[C@H]([C@H](O)CCNC(=O)Cc2ccc(-c3ccccc3)cc2)O1)=NN. The maximum Gasteiger partial charge on any atom is 0.246 e. The number of aliphatic imine (C=N–C) groups is 1. The van der Waals surface area contributed by atoms with Crippen molar-refractivity contribution in [1.82, 2.24) is 16.0 Å². The van der Waals surface area contributed by atoms with Crippen molar-refractivity contribution in [1.29, 1.82) is 0 Å². The van der Waals surface area contributed by atoms with Gasteiger partial charge in [0, 0.05) is 31.5 Å². The van der Waals surface area contributed by atoms with Crippen LogP contribution in [0, 0.1) is 0 Å². The predicted molar refractivity (Wildman–Crippen MR) is 229 cm³/mol. The summed E-state index contributed by atoms with van der Waals surface area (Å²) in [4.78, 5) is 40.6. The molecule has 1 aliphatic rings. The molecule has 2 aromatic carbocycles. The first-order valence-corrected chi connectivity index (χ1v) is 21.5. The molecule has 1 saturated heterocycles. The Hall–Kier alpha value is -3.94. The molecule has 1 heterocycles. The monoisotopic (exact) mass is 844 g/mol. The summed E-state index contributed by atoms with van der Waals surface area (Å²) < 4.78 is 28.5. The molecule has 328 valence electrons. The minimum absolute atomic E-state index is 0.00404. The zero-order valence-electron chi connectivity index (χ0n) is 34.3. The van der Waals surface area contributed by atoms with E-state index in [-0.39, 0.29) is 43.2 Å². The van der Waals surface area contributed by atoms with E-state index < -0.39 is 30.8 Å². The van der Waals surface area contributed by atoms with Crippen molar-refractivity contribution in [3.8, 4) is 11.1 Å². The van der Waals surface area contributed by atoms with E-state index in [0.717, 1.165) is 29.5 Å². The van der Waals surface area contributed by atoms with E-state index in [1.807, 2.05) is 54.6 Å². The van der Waals surface area contributed by atoms with Crippen LogP contribution in [-0.2, 0) is 44.5 Å². The van der Waals surface area contributed by atoms with E-state index in [1.165, 1.54) is 0 Å². The number of thioether (sulfide) groups is 1. The first-order valence-electron chi connectivity index (χ1n) is 20.4. The molecule has 16 nitrogen and oxygen atoms in total. The average molecular weight is 845 g/mol. The number of aliphatic hydroxyl groups excluding tert-OH is 2. The van der Waals surface area contributed by atoms with Gasteiger partial charge in [0.25, 0.3) is 0 Å². The Morgan fingerprint density at radius 1 is 0.881 bits per heavy atom. The van der Waals surface area contributed by atoms with Crippen molar-refractivity contribution < 1.29 is 48.3 Å². The molecule has 0 saturated carbocycles. The number of hydrogen-bond acceptors (Lipinski definition) is 14.